The van der Waals surface area contributed by atoms with Gasteiger partial charge in [-0.25, -0.2) is 0 Å². The Labute approximate surface area is 149 Å². The molecule has 26 heavy (non-hydrogen) atoms. The predicted octanol–water partition coefficient (Wildman–Crippen LogP) is 6.39. The van der Waals surface area contributed by atoms with Crippen molar-refractivity contribution < 1.29 is 17.3 Å². The largest absolute Gasteiger partial charge is 0.673 e. The van der Waals surface area contributed by atoms with E-state index >= 15 is 0 Å². The lowest BCUT2D eigenvalue weighted by Gasteiger charge is -2.02. The number of hydrogen-bond donors (Lipinski definition) is 0. The van der Waals surface area contributed by atoms with Gasteiger partial charge in [0.05, 0.1) is 10.8 Å². The van der Waals surface area contributed by atoms with Gasteiger partial charge in [-0.15, -0.1) is 0 Å². The molecule has 0 saturated heterocycles. The summed E-state index contributed by atoms with van der Waals surface area (Å²) in [4.78, 5) is 13.9. The summed E-state index contributed by atoms with van der Waals surface area (Å²) < 4.78 is 41.3. The minimum Gasteiger partial charge on any atom is -0.418 e. The van der Waals surface area contributed by atoms with E-state index in [1.807, 2.05) is 42.5 Å². The van der Waals surface area contributed by atoms with Crippen LogP contribution in [0.4, 0.5) is 17.3 Å². The highest BCUT2D eigenvalue weighted by Crippen LogP contribution is 2.42. The van der Waals surface area contributed by atoms with Crippen LogP contribution in [0, 0.1) is 0 Å². The van der Waals surface area contributed by atoms with Crippen LogP contribution in [-0.4, -0.2) is 7.25 Å². The molecule has 0 atom stereocenters. The fourth-order valence-corrected chi connectivity index (χ4v) is 5.10. The van der Waals surface area contributed by atoms with Crippen molar-refractivity contribution in [1.82, 2.24) is 0 Å². The van der Waals surface area contributed by atoms with Crippen molar-refractivity contribution in [2.75, 3.05) is 0 Å². The summed E-state index contributed by atoms with van der Waals surface area (Å²) in [5.41, 5.74) is 0.140. The Bertz CT molecular complexity index is 1040. The minimum absolute atomic E-state index is 0.140. The molecule has 1 heterocycles. The average molecular weight is 376 g/mol. The second kappa shape index (κ2) is 7.29. The highest BCUT2D eigenvalue weighted by atomic mass is 32.2. The smallest absolute Gasteiger partial charge is 0.418 e. The van der Waals surface area contributed by atoms with Crippen molar-refractivity contribution in [2.24, 2.45) is 0 Å². The zero-order valence-corrected chi connectivity index (χ0v) is 14.2. The first-order valence-corrected chi connectivity index (χ1v) is 8.98. The molecule has 0 aliphatic heterocycles. The van der Waals surface area contributed by atoms with Gasteiger partial charge in [0.1, 0.15) is 0 Å². The molecule has 1 aromatic heterocycles. The summed E-state index contributed by atoms with van der Waals surface area (Å²) in [6.45, 7) is 0. The van der Waals surface area contributed by atoms with E-state index in [0.29, 0.717) is 0 Å². The fourth-order valence-electron chi connectivity index (χ4n) is 2.74. The number of rotatable bonds is 1. The van der Waals surface area contributed by atoms with Crippen LogP contribution in [0.2, 0.25) is 0 Å². The summed E-state index contributed by atoms with van der Waals surface area (Å²) in [5.74, 6) is 0. The first kappa shape index (κ1) is 18.1. The lowest BCUT2D eigenvalue weighted by atomic mass is 10.2. The molecule has 0 amide bonds. The van der Waals surface area contributed by atoms with E-state index in [0.717, 1.165) is 20.2 Å². The molecule has 0 N–H and O–H groups in total. The molecule has 0 saturated carbocycles. The molecule has 132 valence electrons. The molecule has 0 radical (unpaired) electrons. The van der Waals surface area contributed by atoms with Gasteiger partial charge >= 0.3 is 7.25 Å². The van der Waals surface area contributed by atoms with Gasteiger partial charge in [0.25, 0.3) is 0 Å². The van der Waals surface area contributed by atoms with Crippen LogP contribution in [0.25, 0.3) is 25.1 Å². The van der Waals surface area contributed by atoms with E-state index in [1.54, 1.807) is 0 Å². The SMILES string of the molecule is F[B-](F)(F)F.O=c1c2ccccc2[s+](-c2ccccc2)c2ccccc12. The normalized spacial score (nSPS) is 11.2. The van der Waals surface area contributed by atoms with Gasteiger partial charge in [-0.05, 0) is 36.4 Å². The van der Waals surface area contributed by atoms with Gasteiger partial charge in [-0.1, -0.05) is 42.5 Å². The Morgan fingerprint density at radius 1 is 0.615 bits per heavy atom. The topological polar surface area (TPSA) is 17.1 Å². The maximum atomic E-state index is 12.7. The Morgan fingerprint density at radius 3 is 1.46 bits per heavy atom. The monoisotopic (exact) mass is 376 g/mol. The first-order chi connectivity index (χ1) is 12.4. The molecule has 3 aromatic carbocycles. The predicted molar refractivity (Wildman–Crippen MR) is 102 cm³/mol. The van der Waals surface area contributed by atoms with Gasteiger partial charge < -0.3 is 17.3 Å². The number of fused-ring (bicyclic) bond motifs is 2. The summed E-state index contributed by atoms with van der Waals surface area (Å²) in [6.07, 6.45) is 0. The van der Waals surface area contributed by atoms with Crippen LogP contribution in [0.1, 0.15) is 0 Å². The van der Waals surface area contributed by atoms with E-state index in [1.165, 1.54) is 4.90 Å². The second-order valence-electron chi connectivity index (χ2n) is 5.44. The molecule has 4 rings (SSSR count). The quantitative estimate of drug-likeness (QED) is 0.163. The average Bonchev–Trinajstić information content (AvgIpc) is 2.62. The van der Waals surface area contributed by atoms with Crippen LogP contribution < -0.4 is 5.43 Å². The van der Waals surface area contributed by atoms with Crippen LogP contribution in [0.15, 0.2) is 83.7 Å². The van der Waals surface area contributed by atoms with Gasteiger partial charge in [0.2, 0.25) is 5.43 Å². The van der Waals surface area contributed by atoms with E-state index in [-0.39, 0.29) is 15.9 Å². The molecule has 0 aliphatic rings. The molecular formula is C19H13BF4OS. The van der Waals surface area contributed by atoms with E-state index in [9.17, 15) is 22.1 Å². The third-order valence-corrected chi connectivity index (χ3v) is 6.02. The van der Waals surface area contributed by atoms with Crippen molar-refractivity contribution in [3.8, 4) is 4.90 Å². The van der Waals surface area contributed by atoms with Crippen LogP contribution in [-0.2, 0) is 0 Å². The Balaban J connectivity index is 0.000000349. The molecule has 0 unspecified atom stereocenters. The molecule has 4 aromatic rings. The Morgan fingerprint density at radius 2 is 1.00 bits per heavy atom. The van der Waals surface area contributed by atoms with Crippen molar-refractivity contribution in [3.63, 3.8) is 0 Å². The second-order valence-corrected chi connectivity index (χ2v) is 7.40. The number of benzene rings is 3. The van der Waals surface area contributed by atoms with E-state index in [2.05, 4.69) is 36.4 Å². The summed E-state index contributed by atoms with van der Waals surface area (Å²) >= 11 is 0. The maximum Gasteiger partial charge on any atom is 0.673 e. The fraction of sp³-hybridized carbons (Fsp3) is 0. The third kappa shape index (κ3) is 3.94. The first-order valence-electron chi connectivity index (χ1n) is 7.75. The minimum atomic E-state index is -6.00. The molecule has 0 bridgehead atoms. The highest BCUT2D eigenvalue weighted by molar-refractivity contribution is 7.49. The lowest BCUT2D eigenvalue weighted by molar-refractivity contribution is 0.368. The standard InChI is InChI=1S/C19H13OS.BF4/c20-19-15-10-4-6-12-17(15)21(14-8-2-1-3-9-14)18-13-7-5-11-16(18)19;2-1(3,4)5/h1-13H;/q+1;-1. The van der Waals surface area contributed by atoms with Gasteiger partial charge in [-0.3, -0.25) is 4.79 Å². The van der Waals surface area contributed by atoms with Crippen LogP contribution in [0.3, 0.4) is 0 Å². The van der Waals surface area contributed by atoms with Gasteiger partial charge in [0, 0.05) is 10.5 Å². The third-order valence-electron chi connectivity index (χ3n) is 3.68. The van der Waals surface area contributed by atoms with Gasteiger partial charge in [0.15, 0.2) is 14.3 Å². The number of hydrogen-bond acceptors (Lipinski definition) is 1. The van der Waals surface area contributed by atoms with E-state index < -0.39 is 7.25 Å². The van der Waals surface area contributed by atoms with Crippen molar-refractivity contribution >= 4 is 37.9 Å². The maximum absolute atomic E-state index is 12.7. The zero-order chi connectivity index (χ0) is 18.7. The van der Waals surface area contributed by atoms with Crippen LogP contribution >= 0.6 is 10.5 Å². The zero-order valence-electron chi connectivity index (χ0n) is 13.4. The Kier molecular flexibility index (Phi) is 5.09. The summed E-state index contributed by atoms with van der Waals surface area (Å²) in [5, 5.41) is 1.67. The van der Waals surface area contributed by atoms with Crippen molar-refractivity contribution in [3.05, 3.63) is 89.1 Å². The van der Waals surface area contributed by atoms with Gasteiger partial charge in [-0.2, -0.15) is 0 Å². The summed E-state index contributed by atoms with van der Waals surface area (Å²) in [6, 6.07) is 26.4. The molecule has 0 aliphatic carbocycles. The molecular weight excluding hydrogens is 363 g/mol. The Hall–Kier alpha value is -2.67. The molecule has 0 spiro atoms. The van der Waals surface area contributed by atoms with Crippen molar-refractivity contribution in [2.45, 2.75) is 0 Å². The lowest BCUT2D eigenvalue weighted by Crippen LogP contribution is -2.02. The summed E-state index contributed by atoms with van der Waals surface area (Å²) in [7, 11) is -6.20. The van der Waals surface area contributed by atoms with E-state index in [4.69, 9.17) is 0 Å². The number of halogens is 4. The van der Waals surface area contributed by atoms with Crippen LogP contribution in [0.5, 0.6) is 0 Å². The molecule has 7 heteroatoms. The molecule has 0 fully saturated rings. The van der Waals surface area contributed by atoms with Crippen molar-refractivity contribution in [1.29, 1.82) is 0 Å². The molecule has 1 nitrogen and oxygen atoms in total. The highest BCUT2D eigenvalue weighted by Gasteiger charge is 2.22.